The Bertz CT molecular complexity index is 1130. The smallest absolute Gasteiger partial charge is 0.270 e. The van der Waals surface area contributed by atoms with E-state index in [2.05, 4.69) is 10.3 Å². The third-order valence-electron chi connectivity index (χ3n) is 6.71. The number of nitrogens with zero attached hydrogens (tertiary/aromatic N) is 1. The quantitative estimate of drug-likeness (QED) is 0.519. The summed E-state index contributed by atoms with van der Waals surface area (Å²) >= 11 is 0. The fraction of sp³-hybridized carbons (Fsp3) is 0.407. The topological polar surface area (TPSA) is 83.7 Å². The molecule has 1 atom stereocenters. The number of carbonyl (C=O) groups is 2. The number of H-pyrrole nitrogens is 1. The standard InChI is InChI=1S/C27H33N3O4/c1-4-34-22-8-5-19(6-9-22)17-28-26(31)18(2)20-11-13-30(14-12-20)27(32)25-15-21-7-10-23(33-3)16-24(21)29-25/h5-10,15-16,18,20,29H,4,11-14,17H2,1-3H3,(H,28,31)/t18-/m0/s1. The first kappa shape index (κ1) is 23.7. The normalized spacial score (nSPS) is 15.2. The van der Waals surface area contributed by atoms with Gasteiger partial charge in [0.25, 0.3) is 5.91 Å². The summed E-state index contributed by atoms with van der Waals surface area (Å²) in [4.78, 5) is 30.9. The summed E-state index contributed by atoms with van der Waals surface area (Å²) in [6.45, 7) is 6.38. The van der Waals surface area contributed by atoms with Crippen molar-refractivity contribution < 1.29 is 19.1 Å². The number of fused-ring (bicyclic) bond motifs is 1. The number of carbonyl (C=O) groups excluding carboxylic acids is 2. The minimum atomic E-state index is -0.0968. The van der Waals surface area contributed by atoms with Crippen molar-refractivity contribution in [2.45, 2.75) is 33.2 Å². The lowest BCUT2D eigenvalue weighted by atomic mass is 9.84. The molecule has 2 N–H and O–H groups in total. The van der Waals surface area contributed by atoms with Gasteiger partial charge in [-0.05, 0) is 61.6 Å². The zero-order valence-electron chi connectivity index (χ0n) is 20.1. The highest BCUT2D eigenvalue weighted by Crippen LogP contribution is 2.27. The van der Waals surface area contributed by atoms with Crippen molar-refractivity contribution >= 4 is 22.7 Å². The van der Waals surface area contributed by atoms with E-state index < -0.39 is 0 Å². The number of aromatic amines is 1. The van der Waals surface area contributed by atoms with Crippen LogP contribution in [0.25, 0.3) is 10.9 Å². The maximum Gasteiger partial charge on any atom is 0.270 e. The van der Waals surface area contributed by atoms with Gasteiger partial charge in [-0.25, -0.2) is 0 Å². The summed E-state index contributed by atoms with van der Waals surface area (Å²) < 4.78 is 10.7. The fourth-order valence-electron chi connectivity index (χ4n) is 4.56. The van der Waals surface area contributed by atoms with E-state index in [0.717, 1.165) is 40.8 Å². The molecule has 4 rings (SSSR count). The van der Waals surface area contributed by atoms with Crippen LogP contribution in [0.4, 0.5) is 0 Å². The van der Waals surface area contributed by atoms with Crippen molar-refractivity contribution in [3.05, 3.63) is 59.8 Å². The maximum absolute atomic E-state index is 13.0. The lowest BCUT2D eigenvalue weighted by molar-refractivity contribution is -0.126. The van der Waals surface area contributed by atoms with Crippen LogP contribution < -0.4 is 14.8 Å². The van der Waals surface area contributed by atoms with Gasteiger partial charge in [0.2, 0.25) is 5.91 Å². The Morgan fingerprint density at radius 1 is 1.09 bits per heavy atom. The number of nitrogens with one attached hydrogen (secondary N) is 2. The summed E-state index contributed by atoms with van der Waals surface area (Å²) in [7, 11) is 1.63. The van der Waals surface area contributed by atoms with Gasteiger partial charge < -0.3 is 24.7 Å². The monoisotopic (exact) mass is 463 g/mol. The van der Waals surface area contributed by atoms with Crippen molar-refractivity contribution in [2.24, 2.45) is 11.8 Å². The second kappa shape index (κ2) is 10.6. The second-order valence-corrected chi connectivity index (χ2v) is 8.85. The van der Waals surface area contributed by atoms with Gasteiger partial charge in [0, 0.05) is 42.5 Å². The average Bonchev–Trinajstić information content (AvgIpc) is 3.31. The Hall–Kier alpha value is -3.48. The Balaban J connectivity index is 1.27. The molecule has 1 fully saturated rings. The fourth-order valence-corrected chi connectivity index (χ4v) is 4.56. The molecule has 1 aliphatic heterocycles. The lowest BCUT2D eigenvalue weighted by Crippen LogP contribution is -2.42. The van der Waals surface area contributed by atoms with Gasteiger partial charge in [0.1, 0.15) is 17.2 Å². The molecule has 180 valence electrons. The van der Waals surface area contributed by atoms with Gasteiger partial charge in [-0.3, -0.25) is 9.59 Å². The largest absolute Gasteiger partial charge is 0.497 e. The Kier molecular flexibility index (Phi) is 7.40. The number of hydrogen-bond acceptors (Lipinski definition) is 4. The number of rotatable bonds is 8. The number of piperidine rings is 1. The van der Waals surface area contributed by atoms with E-state index in [1.807, 2.05) is 67.3 Å². The molecule has 2 aromatic carbocycles. The van der Waals surface area contributed by atoms with Gasteiger partial charge in [0.05, 0.1) is 13.7 Å². The third-order valence-corrected chi connectivity index (χ3v) is 6.71. The summed E-state index contributed by atoms with van der Waals surface area (Å²) in [5.41, 5.74) is 2.51. The predicted molar refractivity (Wildman–Crippen MR) is 132 cm³/mol. The van der Waals surface area contributed by atoms with Crippen molar-refractivity contribution in [1.82, 2.24) is 15.2 Å². The van der Waals surface area contributed by atoms with Crippen LogP contribution in [0.1, 0.15) is 42.7 Å². The average molecular weight is 464 g/mol. The third kappa shape index (κ3) is 5.35. The maximum atomic E-state index is 13.0. The minimum absolute atomic E-state index is 0.00113. The first-order valence-corrected chi connectivity index (χ1v) is 11.9. The summed E-state index contributed by atoms with van der Waals surface area (Å²) in [6.07, 6.45) is 1.63. The van der Waals surface area contributed by atoms with Gasteiger partial charge in [-0.2, -0.15) is 0 Å². The molecule has 7 nitrogen and oxygen atoms in total. The molecule has 0 aliphatic carbocycles. The lowest BCUT2D eigenvalue weighted by Gasteiger charge is -2.34. The van der Waals surface area contributed by atoms with Gasteiger partial charge >= 0.3 is 0 Å². The molecular weight excluding hydrogens is 430 g/mol. The Labute approximate surface area is 200 Å². The molecule has 0 spiro atoms. The van der Waals surface area contributed by atoms with Crippen molar-refractivity contribution in [1.29, 1.82) is 0 Å². The van der Waals surface area contributed by atoms with Crippen LogP contribution >= 0.6 is 0 Å². The van der Waals surface area contributed by atoms with Crippen LogP contribution in [0.3, 0.4) is 0 Å². The molecule has 2 amide bonds. The molecule has 1 aliphatic rings. The van der Waals surface area contributed by atoms with E-state index in [-0.39, 0.29) is 23.7 Å². The predicted octanol–water partition coefficient (Wildman–Crippen LogP) is 4.38. The molecule has 2 heterocycles. The van der Waals surface area contributed by atoms with Crippen LogP contribution in [0, 0.1) is 11.8 Å². The Morgan fingerprint density at radius 2 is 1.79 bits per heavy atom. The van der Waals surface area contributed by atoms with Crippen LogP contribution in [0.2, 0.25) is 0 Å². The summed E-state index contributed by atoms with van der Waals surface area (Å²) in [5.74, 6) is 1.81. The molecule has 0 bridgehead atoms. The van der Waals surface area contributed by atoms with Crippen LogP contribution in [-0.2, 0) is 11.3 Å². The number of benzene rings is 2. The van der Waals surface area contributed by atoms with E-state index in [0.29, 0.717) is 31.9 Å². The highest BCUT2D eigenvalue weighted by molar-refractivity contribution is 5.98. The van der Waals surface area contributed by atoms with Crippen molar-refractivity contribution in [3.63, 3.8) is 0 Å². The SMILES string of the molecule is CCOc1ccc(CNC(=O)[C@@H](C)C2CCN(C(=O)c3cc4ccc(OC)cc4[nH]3)CC2)cc1. The van der Waals surface area contributed by atoms with Crippen LogP contribution in [-0.4, -0.2) is 48.5 Å². The first-order valence-electron chi connectivity index (χ1n) is 11.9. The summed E-state index contributed by atoms with van der Waals surface area (Å²) in [5, 5.41) is 4.04. The van der Waals surface area contributed by atoms with Gasteiger partial charge in [0.15, 0.2) is 0 Å². The number of likely N-dealkylation sites (tertiary alicyclic amines) is 1. The molecule has 3 aromatic rings. The molecule has 0 radical (unpaired) electrons. The van der Waals surface area contributed by atoms with Crippen molar-refractivity contribution in [2.75, 3.05) is 26.8 Å². The molecule has 0 saturated carbocycles. The number of aromatic nitrogens is 1. The number of amides is 2. The van der Waals surface area contributed by atoms with E-state index in [9.17, 15) is 9.59 Å². The van der Waals surface area contributed by atoms with E-state index >= 15 is 0 Å². The van der Waals surface area contributed by atoms with E-state index in [4.69, 9.17) is 9.47 Å². The molecule has 7 heteroatoms. The van der Waals surface area contributed by atoms with E-state index in [1.54, 1.807) is 7.11 Å². The first-order chi connectivity index (χ1) is 16.5. The Morgan fingerprint density at radius 3 is 2.47 bits per heavy atom. The van der Waals surface area contributed by atoms with Crippen molar-refractivity contribution in [3.8, 4) is 11.5 Å². The minimum Gasteiger partial charge on any atom is -0.497 e. The van der Waals surface area contributed by atoms with E-state index in [1.165, 1.54) is 0 Å². The van der Waals surface area contributed by atoms with Crippen LogP contribution in [0.5, 0.6) is 11.5 Å². The summed E-state index contributed by atoms with van der Waals surface area (Å²) in [6, 6.07) is 15.4. The van der Waals surface area contributed by atoms with Crippen LogP contribution in [0.15, 0.2) is 48.5 Å². The number of hydrogen-bond donors (Lipinski definition) is 2. The molecule has 34 heavy (non-hydrogen) atoms. The number of methoxy groups -OCH3 is 1. The molecule has 1 saturated heterocycles. The molecule has 0 unspecified atom stereocenters. The van der Waals surface area contributed by atoms with Gasteiger partial charge in [-0.15, -0.1) is 0 Å². The zero-order valence-corrected chi connectivity index (χ0v) is 20.1. The highest BCUT2D eigenvalue weighted by Gasteiger charge is 2.30. The second-order valence-electron chi connectivity index (χ2n) is 8.85. The molecular formula is C27H33N3O4. The zero-order chi connectivity index (χ0) is 24.1. The van der Waals surface area contributed by atoms with Gasteiger partial charge in [-0.1, -0.05) is 19.1 Å². The highest BCUT2D eigenvalue weighted by atomic mass is 16.5. The molecule has 1 aromatic heterocycles. The number of ether oxygens (including phenoxy) is 2.